The van der Waals surface area contributed by atoms with Crippen LogP contribution in [-0.2, 0) is 23.9 Å². The summed E-state index contributed by atoms with van der Waals surface area (Å²) in [7, 11) is 0. The summed E-state index contributed by atoms with van der Waals surface area (Å²) in [5.41, 5.74) is -0.0630. The Morgan fingerprint density at radius 1 is 1.09 bits per heavy atom. The normalized spacial score (nSPS) is 17.2. The van der Waals surface area contributed by atoms with Gasteiger partial charge in [-0.3, -0.25) is 39.0 Å². The van der Waals surface area contributed by atoms with Crippen molar-refractivity contribution in [3.05, 3.63) is 29.3 Å². The van der Waals surface area contributed by atoms with E-state index in [0.717, 1.165) is 4.90 Å². The number of rotatable bonds is 9. The van der Waals surface area contributed by atoms with Crippen molar-refractivity contribution in [2.45, 2.75) is 18.9 Å². The molecule has 5 N–H and O–H groups in total. The van der Waals surface area contributed by atoms with Crippen molar-refractivity contribution in [2.75, 3.05) is 31.6 Å². The van der Waals surface area contributed by atoms with Crippen LogP contribution in [0.15, 0.2) is 18.2 Å². The van der Waals surface area contributed by atoms with Crippen molar-refractivity contribution in [3.63, 3.8) is 0 Å². The van der Waals surface area contributed by atoms with Gasteiger partial charge in [-0.25, -0.2) is 4.79 Å². The first kappa shape index (κ1) is 24.3. The van der Waals surface area contributed by atoms with Crippen LogP contribution in [0.5, 0.6) is 0 Å². The summed E-state index contributed by atoms with van der Waals surface area (Å²) in [4.78, 5) is 84.4. The van der Waals surface area contributed by atoms with Gasteiger partial charge < -0.3 is 25.8 Å². The third kappa shape index (κ3) is 5.53. The number of fused-ring (bicyclic) bond motifs is 1. The molecule has 0 aromatic heterocycles. The van der Waals surface area contributed by atoms with Crippen LogP contribution in [0.1, 0.15) is 33.6 Å². The van der Waals surface area contributed by atoms with E-state index >= 15 is 0 Å². The maximum absolute atomic E-state index is 13.0. The van der Waals surface area contributed by atoms with Crippen LogP contribution < -0.4 is 21.3 Å². The lowest BCUT2D eigenvalue weighted by Crippen LogP contribution is -2.54. The number of nitrogens with one attached hydrogen (secondary N) is 4. The Labute approximate surface area is 192 Å². The molecule has 2 aliphatic rings. The van der Waals surface area contributed by atoms with Gasteiger partial charge in [0.05, 0.1) is 30.0 Å². The molecule has 0 bridgehead atoms. The summed E-state index contributed by atoms with van der Waals surface area (Å²) in [6.07, 6.45) is -1.25. The number of piperidine rings is 1. The number of carboxylic acid groups (broad SMARTS) is 1. The van der Waals surface area contributed by atoms with Crippen LogP contribution in [0.25, 0.3) is 0 Å². The van der Waals surface area contributed by atoms with E-state index < -0.39 is 60.7 Å². The quantitative estimate of drug-likeness (QED) is 0.207. The minimum Gasteiger partial charge on any atom is -0.465 e. The maximum atomic E-state index is 13.0. The van der Waals surface area contributed by atoms with Crippen LogP contribution in [0.2, 0.25) is 0 Å². The van der Waals surface area contributed by atoms with Crippen LogP contribution in [0.4, 0.5) is 10.5 Å². The molecular weight excluding hydrogens is 454 g/mol. The summed E-state index contributed by atoms with van der Waals surface area (Å²) >= 11 is 0. The Morgan fingerprint density at radius 3 is 2.56 bits per heavy atom. The van der Waals surface area contributed by atoms with E-state index in [9.17, 15) is 33.6 Å². The molecule has 2 heterocycles. The van der Waals surface area contributed by atoms with E-state index in [1.165, 1.54) is 18.2 Å². The Balaban J connectivity index is 1.57. The standard InChI is InChI=1S/C20H21N5O9/c26-13-5-4-12(17(29)24-13)25-18(30)10-2-1-3-11(16(10)19(25)31)23-14(27)8-22-15(28)9-34-7-6-21-20(32)33/h1-3,12,21H,4-9H2,(H,22,28)(H,23,27)(H,32,33)(H,24,26,29). The second-order valence-corrected chi connectivity index (χ2v) is 7.28. The average Bonchev–Trinajstić information content (AvgIpc) is 3.03. The molecule has 0 saturated carbocycles. The number of carbonyl (C=O) groups excluding carboxylic acids is 6. The van der Waals surface area contributed by atoms with Crippen LogP contribution in [0, 0.1) is 0 Å². The largest absolute Gasteiger partial charge is 0.465 e. The number of hydrogen-bond acceptors (Lipinski definition) is 8. The molecule has 1 saturated heterocycles. The predicted octanol–water partition coefficient (Wildman–Crippen LogP) is -1.57. The fourth-order valence-corrected chi connectivity index (χ4v) is 3.44. The summed E-state index contributed by atoms with van der Waals surface area (Å²) in [6.45, 7) is -0.909. The smallest absolute Gasteiger partial charge is 0.404 e. The second-order valence-electron chi connectivity index (χ2n) is 7.28. The van der Waals surface area contributed by atoms with Gasteiger partial charge in [-0.05, 0) is 18.6 Å². The van der Waals surface area contributed by atoms with Crippen molar-refractivity contribution in [1.82, 2.24) is 20.9 Å². The molecule has 14 heteroatoms. The number of ether oxygens (including phenoxy) is 1. The zero-order valence-electron chi connectivity index (χ0n) is 17.7. The van der Waals surface area contributed by atoms with E-state index in [4.69, 9.17) is 9.84 Å². The fraction of sp³-hybridized carbons (Fsp3) is 0.350. The minimum absolute atomic E-state index is 0.0000871. The monoisotopic (exact) mass is 475 g/mol. The molecule has 7 amide bonds. The molecule has 3 rings (SSSR count). The summed E-state index contributed by atoms with van der Waals surface area (Å²) in [6, 6.07) is 3.09. The molecule has 14 nitrogen and oxygen atoms in total. The number of hydrogen-bond donors (Lipinski definition) is 5. The molecule has 1 aromatic carbocycles. The summed E-state index contributed by atoms with van der Waals surface area (Å²) < 4.78 is 4.96. The van der Waals surface area contributed by atoms with E-state index in [0.29, 0.717) is 0 Å². The van der Waals surface area contributed by atoms with Crippen molar-refractivity contribution in [1.29, 1.82) is 0 Å². The highest BCUT2D eigenvalue weighted by Gasteiger charge is 2.45. The number of benzene rings is 1. The molecule has 2 aliphatic heterocycles. The molecule has 1 unspecified atom stereocenters. The molecule has 1 aromatic rings. The zero-order valence-corrected chi connectivity index (χ0v) is 17.7. The average molecular weight is 475 g/mol. The van der Waals surface area contributed by atoms with Gasteiger partial charge in [0.1, 0.15) is 12.6 Å². The van der Waals surface area contributed by atoms with E-state index in [-0.39, 0.29) is 42.8 Å². The van der Waals surface area contributed by atoms with Gasteiger partial charge in [-0.2, -0.15) is 0 Å². The van der Waals surface area contributed by atoms with Crippen molar-refractivity contribution >= 4 is 47.2 Å². The molecule has 1 fully saturated rings. The first-order valence-corrected chi connectivity index (χ1v) is 10.1. The maximum Gasteiger partial charge on any atom is 0.404 e. The van der Waals surface area contributed by atoms with Gasteiger partial charge in [-0.15, -0.1) is 0 Å². The third-order valence-corrected chi connectivity index (χ3v) is 4.94. The Hall–Kier alpha value is -4.33. The SMILES string of the molecule is O=C(O)NCCOCC(=O)NCC(=O)Nc1cccc2c1C(=O)N(C1CCC(=O)NC1=O)C2=O. The van der Waals surface area contributed by atoms with Crippen molar-refractivity contribution in [2.24, 2.45) is 0 Å². The summed E-state index contributed by atoms with van der Waals surface area (Å²) in [5.74, 6) is -4.05. The van der Waals surface area contributed by atoms with Gasteiger partial charge in [0.15, 0.2) is 0 Å². The molecule has 180 valence electrons. The van der Waals surface area contributed by atoms with Crippen LogP contribution in [-0.4, -0.2) is 83.9 Å². The lowest BCUT2D eigenvalue weighted by molar-refractivity contribution is -0.136. The number of nitrogens with zero attached hydrogens (tertiary/aromatic N) is 1. The highest BCUT2D eigenvalue weighted by Crippen LogP contribution is 2.32. The third-order valence-electron chi connectivity index (χ3n) is 4.94. The Morgan fingerprint density at radius 2 is 1.85 bits per heavy atom. The Bertz CT molecular complexity index is 1070. The number of carbonyl (C=O) groups is 7. The van der Waals surface area contributed by atoms with Crippen molar-refractivity contribution < 1.29 is 43.4 Å². The molecule has 0 spiro atoms. The number of amides is 7. The fourth-order valence-electron chi connectivity index (χ4n) is 3.44. The number of imide groups is 2. The highest BCUT2D eigenvalue weighted by atomic mass is 16.5. The van der Waals surface area contributed by atoms with Crippen molar-refractivity contribution in [3.8, 4) is 0 Å². The van der Waals surface area contributed by atoms with Crippen LogP contribution >= 0.6 is 0 Å². The topological polar surface area (TPSA) is 200 Å². The molecule has 34 heavy (non-hydrogen) atoms. The van der Waals surface area contributed by atoms with Gasteiger partial charge in [0, 0.05) is 13.0 Å². The molecule has 0 aliphatic carbocycles. The predicted molar refractivity (Wildman–Crippen MR) is 112 cm³/mol. The van der Waals surface area contributed by atoms with E-state index in [1.807, 2.05) is 0 Å². The van der Waals surface area contributed by atoms with E-state index in [1.54, 1.807) is 0 Å². The lowest BCUT2D eigenvalue weighted by atomic mass is 10.0. The molecule has 0 radical (unpaired) electrons. The molecular formula is C20H21N5O9. The first-order valence-electron chi connectivity index (χ1n) is 10.1. The van der Waals surface area contributed by atoms with E-state index in [2.05, 4.69) is 21.3 Å². The zero-order chi connectivity index (χ0) is 24.8. The van der Waals surface area contributed by atoms with Gasteiger partial charge in [-0.1, -0.05) is 6.07 Å². The number of anilines is 1. The minimum atomic E-state index is -1.22. The van der Waals surface area contributed by atoms with Crippen LogP contribution in [0.3, 0.4) is 0 Å². The second kappa shape index (κ2) is 10.5. The first-order chi connectivity index (χ1) is 16.2. The lowest BCUT2D eigenvalue weighted by Gasteiger charge is -2.27. The highest BCUT2D eigenvalue weighted by molar-refractivity contribution is 6.26. The van der Waals surface area contributed by atoms with Gasteiger partial charge in [0.25, 0.3) is 11.8 Å². The Kier molecular flexibility index (Phi) is 7.53. The van der Waals surface area contributed by atoms with Gasteiger partial charge >= 0.3 is 6.09 Å². The van der Waals surface area contributed by atoms with Gasteiger partial charge in [0.2, 0.25) is 23.6 Å². The summed E-state index contributed by atoms with van der Waals surface area (Å²) in [5, 5.41) is 17.3. The molecule has 1 atom stereocenters.